The minimum Gasteiger partial charge on any atom is -0.382 e. The van der Waals surface area contributed by atoms with Gasteiger partial charge in [0.05, 0.1) is 10.2 Å². The number of nitrogen functional groups attached to an aromatic ring is 1. The maximum atomic E-state index is 11.2. The lowest BCUT2D eigenvalue weighted by Gasteiger charge is -1.99. The van der Waals surface area contributed by atoms with Crippen molar-refractivity contribution in [1.29, 1.82) is 0 Å². The van der Waals surface area contributed by atoms with Crippen LogP contribution in [-0.2, 0) is 0 Å². The van der Waals surface area contributed by atoms with E-state index in [4.69, 9.17) is 11.5 Å². The maximum Gasteiger partial charge on any atom is 0.248 e. The van der Waals surface area contributed by atoms with Crippen molar-refractivity contribution in [2.75, 3.05) is 5.73 Å². The van der Waals surface area contributed by atoms with Crippen molar-refractivity contribution >= 4 is 33.3 Å². The monoisotopic (exact) mass is 270 g/mol. The lowest BCUT2D eigenvalue weighted by atomic mass is 10.1. The van der Waals surface area contributed by atoms with Crippen LogP contribution in [0.25, 0.3) is 20.7 Å². The van der Waals surface area contributed by atoms with E-state index >= 15 is 0 Å². The van der Waals surface area contributed by atoms with Gasteiger partial charge in [-0.25, -0.2) is 9.97 Å². The largest absolute Gasteiger partial charge is 0.382 e. The third-order valence-electron chi connectivity index (χ3n) is 2.77. The number of fused-ring (bicyclic) bond motifs is 1. The van der Waals surface area contributed by atoms with Gasteiger partial charge in [-0.1, -0.05) is 12.1 Å². The van der Waals surface area contributed by atoms with Crippen LogP contribution in [0.3, 0.4) is 0 Å². The van der Waals surface area contributed by atoms with E-state index in [2.05, 4.69) is 9.97 Å². The van der Waals surface area contributed by atoms with Crippen LogP contribution in [0.5, 0.6) is 0 Å². The van der Waals surface area contributed by atoms with Crippen molar-refractivity contribution in [1.82, 2.24) is 9.97 Å². The zero-order valence-electron chi connectivity index (χ0n) is 9.83. The second kappa shape index (κ2) is 4.33. The molecule has 0 bridgehead atoms. The fraction of sp³-hybridized carbons (Fsp3) is 0. The summed E-state index contributed by atoms with van der Waals surface area (Å²) >= 11 is 1.50. The first-order valence-electron chi connectivity index (χ1n) is 5.55. The Morgan fingerprint density at radius 3 is 2.79 bits per heavy atom. The van der Waals surface area contributed by atoms with Gasteiger partial charge in [0.25, 0.3) is 0 Å². The average molecular weight is 270 g/mol. The van der Waals surface area contributed by atoms with E-state index in [1.54, 1.807) is 18.2 Å². The number of primary amides is 1. The molecule has 94 valence electrons. The normalized spacial score (nSPS) is 10.7. The lowest BCUT2D eigenvalue weighted by Crippen LogP contribution is -2.10. The molecule has 1 amide bonds. The molecule has 0 atom stereocenters. The van der Waals surface area contributed by atoms with Crippen LogP contribution in [0.2, 0.25) is 0 Å². The Labute approximate surface area is 112 Å². The van der Waals surface area contributed by atoms with E-state index in [1.807, 2.05) is 12.1 Å². The number of aromatic nitrogens is 2. The molecule has 0 saturated heterocycles. The Kier molecular flexibility index (Phi) is 2.64. The van der Waals surface area contributed by atoms with E-state index in [0.29, 0.717) is 11.4 Å². The van der Waals surface area contributed by atoms with Crippen molar-refractivity contribution < 1.29 is 4.79 Å². The number of hydrogen-bond donors (Lipinski definition) is 2. The summed E-state index contributed by atoms with van der Waals surface area (Å²) in [5.41, 5.74) is 13.3. The lowest BCUT2D eigenvalue weighted by molar-refractivity contribution is 0.100. The number of anilines is 1. The summed E-state index contributed by atoms with van der Waals surface area (Å²) < 4.78 is 0.849. The van der Waals surface area contributed by atoms with Gasteiger partial charge < -0.3 is 11.5 Å². The zero-order valence-corrected chi connectivity index (χ0v) is 10.6. The first-order valence-corrected chi connectivity index (χ1v) is 6.37. The van der Waals surface area contributed by atoms with Crippen molar-refractivity contribution in [2.45, 2.75) is 0 Å². The Bertz CT molecular complexity index is 781. The van der Waals surface area contributed by atoms with E-state index in [0.717, 1.165) is 20.7 Å². The number of nitrogens with two attached hydrogens (primary N) is 2. The summed E-state index contributed by atoms with van der Waals surface area (Å²) in [6.45, 7) is 0. The fourth-order valence-corrected chi connectivity index (χ4v) is 2.85. The van der Waals surface area contributed by atoms with Crippen molar-refractivity contribution in [3.63, 3.8) is 0 Å². The quantitative estimate of drug-likeness (QED) is 0.745. The number of thiophene rings is 1. The van der Waals surface area contributed by atoms with Crippen molar-refractivity contribution in [2.24, 2.45) is 5.73 Å². The molecule has 0 aliphatic heterocycles. The molecule has 0 fully saturated rings. The Morgan fingerprint density at radius 2 is 2.05 bits per heavy atom. The van der Waals surface area contributed by atoms with Gasteiger partial charge in [0.2, 0.25) is 5.91 Å². The van der Waals surface area contributed by atoms with Gasteiger partial charge in [-0.2, -0.15) is 0 Å². The second-order valence-electron chi connectivity index (χ2n) is 4.03. The maximum absolute atomic E-state index is 11.2. The van der Waals surface area contributed by atoms with Gasteiger partial charge in [-0.15, -0.1) is 11.3 Å². The van der Waals surface area contributed by atoms with Gasteiger partial charge in [0, 0.05) is 10.4 Å². The molecule has 0 unspecified atom stereocenters. The highest BCUT2D eigenvalue weighted by atomic mass is 32.1. The molecule has 0 radical (unpaired) electrons. The minimum absolute atomic E-state index is 0.442. The molecule has 0 spiro atoms. The van der Waals surface area contributed by atoms with Gasteiger partial charge in [-0.05, 0) is 23.8 Å². The minimum atomic E-state index is -0.442. The van der Waals surface area contributed by atoms with Gasteiger partial charge in [-0.3, -0.25) is 4.79 Å². The van der Waals surface area contributed by atoms with Crippen LogP contribution in [0, 0.1) is 0 Å². The predicted molar refractivity (Wildman–Crippen MR) is 75.8 cm³/mol. The molecule has 0 aliphatic rings. The van der Waals surface area contributed by atoms with Crippen molar-refractivity contribution in [3.05, 3.63) is 42.2 Å². The van der Waals surface area contributed by atoms with Gasteiger partial charge >= 0.3 is 0 Å². The number of carbonyl (C=O) groups is 1. The van der Waals surface area contributed by atoms with Crippen molar-refractivity contribution in [3.8, 4) is 10.4 Å². The molecule has 2 heterocycles. The van der Waals surface area contributed by atoms with Crippen LogP contribution in [0.15, 0.2) is 36.7 Å². The number of benzene rings is 1. The van der Waals surface area contributed by atoms with E-state index < -0.39 is 5.91 Å². The molecule has 1 aromatic carbocycles. The summed E-state index contributed by atoms with van der Waals surface area (Å²) in [7, 11) is 0. The number of nitrogens with zero attached hydrogens (tertiary/aromatic N) is 2. The average Bonchev–Trinajstić information content (AvgIpc) is 2.84. The number of carbonyl (C=O) groups excluding carboxylic acids is 1. The summed E-state index contributed by atoms with van der Waals surface area (Å²) in [5, 5.41) is 0. The third kappa shape index (κ3) is 2.02. The molecular weight excluding hydrogens is 260 g/mol. The molecule has 2 aromatic heterocycles. The standard InChI is InChI=1S/C13H10N4OS/c14-12-11-9(16-6-17-12)5-10(19-11)7-2-1-3-8(4-7)13(15)18/h1-6H,(H2,15,18)(H2,14,16,17). The predicted octanol–water partition coefficient (Wildman–Crippen LogP) is 2.04. The summed E-state index contributed by atoms with van der Waals surface area (Å²) in [4.78, 5) is 20.3. The molecule has 4 N–H and O–H groups in total. The zero-order chi connectivity index (χ0) is 13.4. The highest BCUT2D eigenvalue weighted by Crippen LogP contribution is 2.34. The summed E-state index contributed by atoms with van der Waals surface area (Å²) in [5.74, 6) is 0.0228. The smallest absolute Gasteiger partial charge is 0.248 e. The molecular formula is C13H10N4OS. The first-order chi connectivity index (χ1) is 9.15. The van der Waals surface area contributed by atoms with Crippen LogP contribution >= 0.6 is 11.3 Å². The van der Waals surface area contributed by atoms with Crippen LogP contribution < -0.4 is 11.5 Å². The molecule has 6 heteroatoms. The Morgan fingerprint density at radius 1 is 1.21 bits per heavy atom. The number of rotatable bonds is 2. The van der Waals surface area contributed by atoms with Gasteiger partial charge in [0.1, 0.15) is 12.1 Å². The van der Waals surface area contributed by atoms with E-state index in [9.17, 15) is 4.79 Å². The highest BCUT2D eigenvalue weighted by Gasteiger charge is 2.09. The molecule has 3 aromatic rings. The highest BCUT2D eigenvalue weighted by molar-refractivity contribution is 7.22. The molecule has 0 saturated carbocycles. The number of amides is 1. The molecule has 5 nitrogen and oxygen atoms in total. The fourth-order valence-electron chi connectivity index (χ4n) is 1.84. The molecule has 0 aliphatic carbocycles. The van der Waals surface area contributed by atoms with Crippen LogP contribution in [-0.4, -0.2) is 15.9 Å². The van der Waals surface area contributed by atoms with Crippen LogP contribution in [0.4, 0.5) is 5.82 Å². The van der Waals surface area contributed by atoms with Crippen LogP contribution in [0.1, 0.15) is 10.4 Å². The SMILES string of the molecule is NC(=O)c1cccc(-c2cc3ncnc(N)c3s2)c1. The van der Waals surface area contributed by atoms with Gasteiger partial charge in [0.15, 0.2) is 0 Å². The molecule has 19 heavy (non-hydrogen) atoms. The summed E-state index contributed by atoms with van der Waals surface area (Å²) in [6.07, 6.45) is 1.44. The Balaban J connectivity index is 2.16. The van der Waals surface area contributed by atoms with E-state index in [1.165, 1.54) is 17.7 Å². The number of hydrogen-bond acceptors (Lipinski definition) is 5. The third-order valence-corrected chi connectivity index (χ3v) is 3.97. The Hall–Kier alpha value is -2.47. The topological polar surface area (TPSA) is 94.9 Å². The summed E-state index contributed by atoms with van der Waals surface area (Å²) in [6, 6.07) is 9.09. The second-order valence-corrected chi connectivity index (χ2v) is 5.08. The molecule has 3 rings (SSSR count). The van der Waals surface area contributed by atoms with E-state index in [-0.39, 0.29) is 0 Å². The first kappa shape index (κ1) is 11.6.